The van der Waals surface area contributed by atoms with Crippen LogP contribution in [-0.2, 0) is 6.18 Å². The van der Waals surface area contributed by atoms with E-state index < -0.39 is 22.7 Å². The summed E-state index contributed by atoms with van der Waals surface area (Å²) in [7, 11) is 0. The number of hydrogen-bond acceptors (Lipinski definition) is 5. The van der Waals surface area contributed by atoms with E-state index in [1.807, 2.05) is 19.9 Å². The summed E-state index contributed by atoms with van der Waals surface area (Å²) in [5.74, 6) is 0.0618. The largest absolute Gasteiger partial charge is 0.417 e. The first kappa shape index (κ1) is 24.8. The number of rotatable bonds is 3. The van der Waals surface area contributed by atoms with E-state index in [1.54, 1.807) is 23.1 Å². The molecule has 1 aliphatic heterocycles. The van der Waals surface area contributed by atoms with Crippen LogP contribution < -0.4 is 4.90 Å². The van der Waals surface area contributed by atoms with Gasteiger partial charge in [0.2, 0.25) is 0 Å². The number of pyridine rings is 1. The van der Waals surface area contributed by atoms with Crippen molar-refractivity contribution in [1.29, 1.82) is 0 Å². The molecule has 0 saturated carbocycles. The fourth-order valence-corrected chi connectivity index (χ4v) is 4.31. The summed E-state index contributed by atoms with van der Waals surface area (Å²) < 4.78 is 46.4. The molecule has 0 N–H and O–H groups in total. The zero-order valence-electron chi connectivity index (χ0n) is 18.5. The molecule has 1 aromatic carbocycles. The molecular formula is C23H19ClF3N5O2S. The van der Waals surface area contributed by atoms with Crippen molar-refractivity contribution in [2.75, 3.05) is 11.4 Å². The highest BCUT2D eigenvalue weighted by atomic mass is 35.5. The molecule has 0 spiro atoms. The number of amides is 1. The predicted octanol–water partition coefficient (Wildman–Crippen LogP) is 5.91. The minimum absolute atomic E-state index is 0. The predicted molar refractivity (Wildman–Crippen MR) is 129 cm³/mol. The second-order valence-corrected chi connectivity index (χ2v) is 8.45. The maximum Gasteiger partial charge on any atom is 0.417 e. The van der Waals surface area contributed by atoms with Gasteiger partial charge in [-0.25, -0.2) is 0 Å². The van der Waals surface area contributed by atoms with Gasteiger partial charge in [-0.05, 0) is 43.7 Å². The van der Waals surface area contributed by atoms with Crippen LogP contribution in [0.4, 0.5) is 18.9 Å². The molecule has 1 atom stereocenters. The third-order valence-corrected chi connectivity index (χ3v) is 6.08. The maximum absolute atomic E-state index is 13.5. The SMILES string of the molecule is Cc1ccncc1-c1cc(-c2cnn3c2C(=O)N(c2ccc(C(F)(F)F)c(Cl)c2)C[C@@H]3C)no1.S. The number of hydrogen-bond donors (Lipinski definition) is 0. The van der Waals surface area contributed by atoms with Crippen LogP contribution >= 0.6 is 25.1 Å². The molecule has 7 nitrogen and oxygen atoms in total. The van der Waals surface area contributed by atoms with Gasteiger partial charge >= 0.3 is 6.18 Å². The Morgan fingerprint density at radius 1 is 1.14 bits per heavy atom. The summed E-state index contributed by atoms with van der Waals surface area (Å²) in [5.41, 5.74) is 2.15. The normalized spacial score (nSPS) is 15.7. The van der Waals surface area contributed by atoms with Gasteiger partial charge in [0.25, 0.3) is 5.91 Å². The van der Waals surface area contributed by atoms with Gasteiger partial charge in [-0.15, -0.1) is 0 Å². The van der Waals surface area contributed by atoms with E-state index in [4.69, 9.17) is 16.1 Å². The first-order valence-electron chi connectivity index (χ1n) is 10.3. The quantitative estimate of drug-likeness (QED) is 0.335. The molecule has 0 unspecified atom stereocenters. The van der Waals surface area contributed by atoms with Crippen LogP contribution in [0.1, 0.15) is 34.6 Å². The minimum atomic E-state index is -4.59. The van der Waals surface area contributed by atoms with Gasteiger partial charge in [-0.2, -0.15) is 31.8 Å². The summed E-state index contributed by atoms with van der Waals surface area (Å²) in [6.45, 7) is 3.99. The van der Waals surface area contributed by atoms with Gasteiger partial charge in [0.05, 0.1) is 28.4 Å². The molecule has 3 aromatic heterocycles. The van der Waals surface area contributed by atoms with Gasteiger partial charge in [-0.3, -0.25) is 14.5 Å². The average Bonchev–Trinajstić information content (AvgIpc) is 3.43. The topological polar surface area (TPSA) is 77.1 Å². The molecule has 0 saturated heterocycles. The molecule has 0 bridgehead atoms. The van der Waals surface area contributed by atoms with E-state index in [2.05, 4.69) is 15.2 Å². The second-order valence-electron chi connectivity index (χ2n) is 8.05. The number of carbonyl (C=O) groups is 1. The Bertz CT molecular complexity index is 1420. The van der Waals surface area contributed by atoms with Gasteiger partial charge in [0, 0.05) is 36.3 Å². The smallest absolute Gasteiger partial charge is 0.356 e. The summed E-state index contributed by atoms with van der Waals surface area (Å²) in [6, 6.07) is 6.58. The summed E-state index contributed by atoms with van der Waals surface area (Å²) >= 11 is 5.89. The van der Waals surface area contributed by atoms with Crippen molar-refractivity contribution in [3.8, 4) is 22.6 Å². The van der Waals surface area contributed by atoms with E-state index in [0.717, 1.165) is 23.3 Å². The van der Waals surface area contributed by atoms with Crippen molar-refractivity contribution in [3.05, 3.63) is 70.8 Å². The molecular weight excluding hydrogens is 503 g/mol. The zero-order valence-corrected chi connectivity index (χ0v) is 20.2. The summed E-state index contributed by atoms with van der Waals surface area (Å²) in [6.07, 6.45) is 0.283. The Morgan fingerprint density at radius 3 is 2.60 bits per heavy atom. The molecule has 1 amide bonds. The molecule has 5 rings (SSSR count). The molecule has 182 valence electrons. The van der Waals surface area contributed by atoms with Crippen molar-refractivity contribution in [3.63, 3.8) is 0 Å². The van der Waals surface area contributed by atoms with Gasteiger partial charge in [0.1, 0.15) is 11.4 Å². The van der Waals surface area contributed by atoms with Crippen LogP contribution in [0.2, 0.25) is 5.02 Å². The third-order valence-electron chi connectivity index (χ3n) is 5.77. The lowest BCUT2D eigenvalue weighted by atomic mass is 10.1. The third kappa shape index (κ3) is 4.30. The number of aromatic nitrogens is 4. The van der Waals surface area contributed by atoms with Gasteiger partial charge in [0.15, 0.2) is 5.76 Å². The molecule has 4 aromatic rings. The van der Waals surface area contributed by atoms with Crippen molar-refractivity contribution >= 4 is 36.7 Å². The molecule has 0 fully saturated rings. The number of aryl methyl sites for hydroxylation is 1. The van der Waals surface area contributed by atoms with E-state index >= 15 is 0 Å². The van der Waals surface area contributed by atoms with Crippen molar-refractivity contribution in [1.82, 2.24) is 19.9 Å². The van der Waals surface area contributed by atoms with Crippen molar-refractivity contribution in [2.24, 2.45) is 0 Å². The lowest BCUT2D eigenvalue weighted by Gasteiger charge is -2.32. The number of anilines is 1. The monoisotopic (exact) mass is 521 g/mol. The minimum Gasteiger partial charge on any atom is -0.356 e. The number of nitrogens with zero attached hydrogens (tertiary/aromatic N) is 5. The number of fused-ring (bicyclic) bond motifs is 1. The highest BCUT2D eigenvalue weighted by Crippen LogP contribution is 2.39. The first-order valence-corrected chi connectivity index (χ1v) is 10.7. The molecule has 0 aliphatic carbocycles. The van der Waals surface area contributed by atoms with Crippen LogP contribution in [0.15, 0.2) is 53.4 Å². The van der Waals surface area contributed by atoms with Gasteiger partial charge < -0.3 is 9.42 Å². The fourth-order valence-electron chi connectivity index (χ4n) is 4.02. The van der Waals surface area contributed by atoms with E-state index in [9.17, 15) is 18.0 Å². The highest BCUT2D eigenvalue weighted by Gasteiger charge is 2.37. The number of alkyl halides is 3. The van der Waals surface area contributed by atoms with E-state index in [-0.39, 0.29) is 37.5 Å². The van der Waals surface area contributed by atoms with E-state index in [0.29, 0.717) is 17.0 Å². The Labute approximate surface area is 209 Å². The van der Waals surface area contributed by atoms with Crippen molar-refractivity contribution in [2.45, 2.75) is 26.1 Å². The molecule has 1 aliphatic rings. The highest BCUT2D eigenvalue weighted by molar-refractivity contribution is 7.59. The Hall–Kier alpha value is -3.31. The number of carbonyl (C=O) groups excluding carboxylic acids is 1. The van der Waals surface area contributed by atoms with Crippen molar-refractivity contribution < 1.29 is 22.5 Å². The van der Waals surface area contributed by atoms with Crippen LogP contribution in [0.25, 0.3) is 22.6 Å². The molecule has 4 heterocycles. The summed E-state index contributed by atoms with van der Waals surface area (Å²) in [5, 5.41) is 8.00. The standard InChI is InChI=1S/C23H17ClF3N5O2.H2S/c1-12-5-6-28-9-15(12)20-8-19(30-34-20)16-10-29-32-13(2)11-31(22(33)21(16)32)14-3-4-17(18(24)7-14)23(25,26)27;/h3-10,13H,11H2,1-2H3;1H2/t13-;/m0./s1. The van der Waals surface area contributed by atoms with Crippen LogP contribution in [0.3, 0.4) is 0 Å². The maximum atomic E-state index is 13.5. The number of halogens is 4. The lowest BCUT2D eigenvalue weighted by molar-refractivity contribution is -0.137. The number of benzene rings is 1. The lowest BCUT2D eigenvalue weighted by Crippen LogP contribution is -2.42. The van der Waals surface area contributed by atoms with Crippen LogP contribution in [-0.4, -0.2) is 32.4 Å². The van der Waals surface area contributed by atoms with Crippen LogP contribution in [0.5, 0.6) is 0 Å². The van der Waals surface area contributed by atoms with E-state index in [1.165, 1.54) is 17.2 Å². The zero-order chi connectivity index (χ0) is 24.2. The second kappa shape index (κ2) is 9.04. The Balaban J connectivity index is 0.00000289. The fraction of sp³-hybridized carbons (Fsp3) is 0.217. The Kier molecular flexibility index (Phi) is 6.41. The van der Waals surface area contributed by atoms with Crippen LogP contribution in [0, 0.1) is 6.92 Å². The Morgan fingerprint density at radius 2 is 1.91 bits per heavy atom. The molecule has 35 heavy (non-hydrogen) atoms. The molecule has 12 heteroatoms. The first-order chi connectivity index (χ1) is 16.1. The molecule has 0 radical (unpaired) electrons. The average molecular weight is 522 g/mol. The van der Waals surface area contributed by atoms with Gasteiger partial charge in [-0.1, -0.05) is 16.8 Å². The summed E-state index contributed by atoms with van der Waals surface area (Å²) in [4.78, 5) is 19.0.